The minimum atomic E-state index is 0.495. The molecule has 3 N–H and O–H groups in total. The predicted molar refractivity (Wildman–Crippen MR) is 49.3 cm³/mol. The fourth-order valence-electron chi connectivity index (χ4n) is 0.942. The van der Waals surface area contributed by atoms with Crippen molar-refractivity contribution in [2.24, 2.45) is 16.6 Å². The van der Waals surface area contributed by atoms with E-state index in [2.05, 4.69) is 17.2 Å². The lowest BCUT2D eigenvalue weighted by atomic mass is 10.2. The SMILES string of the molecule is CC(CN)CNC1=NCCOC1. The number of nitrogens with two attached hydrogens (primary N) is 1. The molecule has 0 spiro atoms. The van der Waals surface area contributed by atoms with Gasteiger partial charge in [-0.25, -0.2) is 0 Å². The number of aliphatic imine (C=N–C) groups is 1. The average Bonchev–Trinajstić information content (AvgIpc) is 2.16. The van der Waals surface area contributed by atoms with Gasteiger partial charge in [-0.1, -0.05) is 6.92 Å². The molecule has 1 rings (SSSR count). The van der Waals surface area contributed by atoms with E-state index in [0.29, 0.717) is 19.1 Å². The molecule has 1 heterocycles. The van der Waals surface area contributed by atoms with E-state index in [1.54, 1.807) is 0 Å². The lowest BCUT2D eigenvalue weighted by Gasteiger charge is -2.16. The molecular weight excluding hydrogens is 154 g/mol. The number of hydrogen-bond acceptors (Lipinski definition) is 4. The molecule has 0 aromatic rings. The van der Waals surface area contributed by atoms with E-state index in [-0.39, 0.29) is 0 Å². The van der Waals surface area contributed by atoms with Gasteiger partial charge in [-0.15, -0.1) is 0 Å². The Morgan fingerprint density at radius 3 is 3.17 bits per heavy atom. The van der Waals surface area contributed by atoms with Crippen molar-refractivity contribution in [2.45, 2.75) is 6.92 Å². The lowest BCUT2D eigenvalue weighted by molar-refractivity contribution is 0.168. The average molecular weight is 171 g/mol. The van der Waals surface area contributed by atoms with Gasteiger partial charge >= 0.3 is 0 Å². The van der Waals surface area contributed by atoms with Gasteiger partial charge in [-0.2, -0.15) is 0 Å². The van der Waals surface area contributed by atoms with Gasteiger partial charge < -0.3 is 15.8 Å². The zero-order chi connectivity index (χ0) is 8.81. The first-order valence-electron chi connectivity index (χ1n) is 4.38. The minimum Gasteiger partial charge on any atom is -0.372 e. The summed E-state index contributed by atoms with van der Waals surface area (Å²) in [6, 6.07) is 0. The highest BCUT2D eigenvalue weighted by Gasteiger charge is 2.05. The Hall–Kier alpha value is -0.610. The van der Waals surface area contributed by atoms with Crippen LogP contribution in [0, 0.1) is 5.92 Å². The molecule has 4 heteroatoms. The van der Waals surface area contributed by atoms with Crippen LogP contribution in [0.5, 0.6) is 0 Å². The first-order chi connectivity index (χ1) is 5.83. The van der Waals surface area contributed by atoms with Crippen LogP contribution in [0.15, 0.2) is 4.99 Å². The topological polar surface area (TPSA) is 59.6 Å². The van der Waals surface area contributed by atoms with Crippen molar-refractivity contribution in [3.8, 4) is 0 Å². The molecule has 0 saturated heterocycles. The fraction of sp³-hybridized carbons (Fsp3) is 0.875. The van der Waals surface area contributed by atoms with Gasteiger partial charge in [-0.05, 0) is 12.5 Å². The molecule has 0 fully saturated rings. The van der Waals surface area contributed by atoms with Crippen molar-refractivity contribution in [1.29, 1.82) is 0 Å². The predicted octanol–water partition coefficient (Wildman–Crippen LogP) is -0.400. The number of rotatable bonds is 3. The van der Waals surface area contributed by atoms with E-state index in [1.165, 1.54) is 0 Å². The summed E-state index contributed by atoms with van der Waals surface area (Å²) in [4.78, 5) is 4.28. The Morgan fingerprint density at radius 1 is 1.75 bits per heavy atom. The van der Waals surface area contributed by atoms with Gasteiger partial charge in [0.2, 0.25) is 0 Å². The van der Waals surface area contributed by atoms with E-state index < -0.39 is 0 Å². The molecule has 0 aliphatic carbocycles. The van der Waals surface area contributed by atoms with Crippen molar-refractivity contribution < 1.29 is 4.74 Å². The van der Waals surface area contributed by atoms with Crippen molar-refractivity contribution in [3.63, 3.8) is 0 Å². The summed E-state index contributed by atoms with van der Waals surface area (Å²) in [5.41, 5.74) is 5.48. The third kappa shape index (κ3) is 3.19. The molecule has 0 radical (unpaired) electrons. The van der Waals surface area contributed by atoms with Crippen molar-refractivity contribution in [3.05, 3.63) is 0 Å². The van der Waals surface area contributed by atoms with Gasteiger partial charge in [0.05, 0.1) is 13.2 Å². The third-order valence-corrected chi connectivity index (χ3v) is 1.83. The Labute approximate surface area is 73.2 Å². The Kier molecular flexibility index (Phi) is 4.04. The first-order valence-corrected chi connectivity index (χ1v) is 4.38. The summed E-state index contributed by atoms with van der Waals surface area (Å²) < 4.78 is 5.22. The minimum absolute atomic E-state index is 0.495. The Morgan fingerprint density at radius 2 is 2.58 bits per heavy atom. The molecule has 1 aliphatic rings. The first kappa shape index (κ1) is 9.48. The van der Waals surface area contributed by atoms with E-state index in [0.717, 1.165) is 25.5 Å². The van der Waals surface area contributed by atoms with E-state index in [9.17, 15) is 0 Å². The molecule has 4 nitrogen and oxygen atoms in total. The molecule has 1 aliphatic heterocycles. The summed E-state index contributed by atoms with van der Waals surface area (Å²) in [5, 5.41) is 3.22. The molecule has 0 aromatic heterocycles. The second-order valence-electron chi connectivity index (χ2n) is 3.10. The monoisotopic (exact) mass is 171 g/mol. The van der Waals surface area contributed by atoms with Crippen LogP contribution in [0.4, 0.5) is 0 Å². The van der Waals surface area contributed by atoms with Gasteiger partial charge in [-0.3, -0.25) is 4.99 Å². The molecule has 0 aromatic carbocycles. The lowest BCUT2D eigenvalue weighted by Crippen LogP contribution is -2.36. The molecular formula is C8H17N3O. The highest BCUT2D eigenvalue weighted by Crippen LogP contribution is 1.91. The van der Waals surface area contributed by atoms with Crippen LogP contribution < -0.4 is 11.1 Å². The molecule has 1 atom stereocenters. The van der Waals surface area contributed by atoms with Crippen LogP contribution in [-0.4, -0.2) is 38.7 Å². The smallest absolute Gasteiger partial charge is 0.123 e. The summed E-state index contributed by atoms with van der Waals surface area (Å²) in [6.07, 6.45) is 0. The molecule has 0 bridgehead atoms. The molecule has 0 amide bonds. The maximum absolute atomic E-state index is 5.48. The zero-order valence-corrected chi connectivity index (χ0v) is 7.55. The van der Waals surface area contributed by atoms with Gasteiger partial charge in [0.15, 0.2) is 0 Å². The highest BCUT2D eigenvalue weighted by molar-refractivity contribution is 5.83. The van der Waals surface area contributed by atoms with Crippen molar-refractivity contribution >= 4 is 5.84 Å². The largest absolute Gasteiger partial charge is 0.372 e. The maximum atomic E-state index is 5.48. The van der Waals surface area contributed by atoms with E-state index >= 15 is 0 Å². The molecule has 0 saturated carbocycles. The molecule has 70 valence electrons. The summed E-state index contributed by atoms with van der Waals surface area (Å²) in [5.74, 6) is 1.45. The second kappa shape index (κ2) is 5.11. The van der Waals surface area contributed by atoms with Crippen molar-refractivity contribution in [2.75, 3.05) is 32.8 Å². The van der Waals surface area contributed by atoms with Crippen LogP contribution >= 0.6 is 0 Å². The number of ether oxygens (including phenoxy) is 1. The summed E-state index contributed by atoms with van der Waals surface area (Å²) in [7, 11) is 0. The number of nitrogens with zero attached hydrogens (tertiary/aromatic N) is 1. The summed E-state index contributed by atoms with van der Waals surface area (Å²) in [6.45, 7) is 5.85. The Bertz CT molecular complexity index is 158. The zero-order valence-electron chi connectivity index (χ0n) is 7.55. The van der Waals surface area contributed by atoms with Gasteiger partial charge in [0.25, 0.3) is 0 Å². The van der Waals surface area contributed by atoms with Gasteiger partial charge in [0.1, 0.15) is 12.4 Å². The number of amidine groups is 1. The van der Waals surface area contributed by atoms with Crippen LogP contribution in [0.3, 0.4) is 0 Å². The molecule has 1 unspecified atom stereocenters. The van der Waals surface area contributed by atoms with Crippen LogP contribution in [0.1, 0.15) is 6.92 Å². The second-order valence-corrected chi connectivity index (χ2v) is 3.10. The van der Waals surface area contributed by atoms with Crippen molar-refractivity contribution in [1.82, 2.24) is 5.32 Å². The van der Waals surface area contributed by atoms with Crippen LogP contribution in [-0.2, 0) is 4.74 Å². The quantitative estimate of drug-likeness (QED) is 0.607. The number of nitrogens with one attached hydrogen (secondary N) is 1. The molecule has 12 heavy (non-hydrogen) atoms. The van der Waals surface area contributed by atoms with E-state index in [4.69, 9.17) is 10.5 Å². The van der Waals surface area contributed by atoms with Crippen LogP contribution in [0.2, 0.25) is 0 Å². The summed E-state index contributed by atoms with van der Waals surface area (Å²) >= 11 is 0. The standard InChI is InChI=1S/C8H17N3O/c1-7(4-9)5-11-8-6-12-3-2-10-8/h7H,2-6,9H2,1H3,(H,10,11). The maximum Gasteiger partial charge on any atom is 0.123 e. The highest BCUT2D eigenvalue weighted by atomic mass is 16.5. The number of hydrogen-bond donors (Lipinski definition) is 2. The fourth-order valence-corrected chi connectivity index (χ4v) is 0.942. The van der Waals surface area contributed by atoms with Crippen LogP contribution in [0.25, 0.3) is 0 Å². The Balaban J connectivity index is 2.17. The third-order valence-electron chi connectivity index (χ3n) is 1.83. The van der Waals surface area contributed by atoms with Gasteiger partial charge in [0, 0.05) is 6.54 Å². The van der Waals surface area contributed by atoms with E-state index in [1.807, 2.05) is 0 Å². The normalized spacial score (nSPS) is 20.0.